The highest BCUT2D eigenvalue weighted by Crippen LogP contribution is 2.50. The zero-order valence-corrected chi connectivity index (χ0v) is 10.5. The Morgan fingerprint density at radius 1 is 1.29 bits per heavy atom. The fraction of sp³-hybridized carbons (Fsp3) is 0.0833. The van der Waals surface area contributed by atoms with Gasteiger partial charge in [0.2, 0.25) is 0 Å². The number of nitrogens with two attached hydrogens (primary N) is 1. The number of aromatic nitrogens is 2. The average molecular weight is 259 g/mol. The molecule has 3 N–H and O–H groups in total. The smallest absolute Gasteiger partial charge is 0.112 e. The zero-order valence-electron chi connectivity index (χ0n) is 8.86. The van der Waals surface area contributed by atoms with E-state index in [4.69, 9.17) is 5.73 Å². The summed E-state index contributed by atoms with van der Waals surface area (Å²) in [5, 5.41) is 10.9. The minimum absolute atomic E-state index is 0.572. The lowest BCUT2D eigenvalue weighted by Gasteiger charge is -2.14. The molecule has 5 heteroatoms. The lowest BCUT2D eigenvalue weighted by atomic mass is 10.1. The number of benzene rings is 1. The predicted molar refractivity (Wildman–Crippen MR) is 71.4 cm³/mol. The van der Waals surface area contributed by atoms with E-state index in [0.29, 0.717) is 6.54 Å². The molecule has 0 aliphatic carbocycles. The van der Waals surface area contributed by atoms with Crippen LogP contribution in [0.2, 0.25) is 0 Å². The van der Waals surface area contributed by atoms with Crippen LogP contribution in [0, 0.1) is 0 Å². The van der Waals surface area contributed by atoms with Crippen LogP contribution in [0.15, 0.2) is 33.4 Å². The summed E-state index contributed by atoms with van der Waals surface area (Å²) >= 11 is 3.55. The van der Waals surface area contributed by atoms with Gasteiger partial charge in [0, 0.05) is 21.7 Å². The predicted octanol–water partition coefficient (Wildman–Crippen LogP) is 3.21. The first-order valence-corrected chi connectivity index (χ1v) is 7.04. The van der Waals surface area contributed by atoms with Crippen molar-refractivity contribution in [2.75, 3.05) is 0 Å². The lowest BCUT2D eigenvalue weighted by Crippen LogP contribution is -2.00. The molecule has 1 aliphatic heterocycles. The highest BCUT2D eigenvalue weighted by atomic mass is 32.2. The van der Waals surface area contributed by atoms with Gasteiger partial charge in [-0.15, -0.1) is 11.3 Å². The fourth-order valence-corrected chi connectivity index (χ4v) is 4.50. The van der Waals surface area contributed by atoms with Gasteiger partial charge in [-0.3, -0.25) is 5.10 Å². The molecule has 0 spiro atoms. The number of rotatable bonds is 1. The molecular formula is C12H9N3S2. The molecule has 0 unspecified atom stereocenters. The first-order valence-electron chi connectivity index (χ1n) is 5.34. The summed E-state index contributed by atoms with van der Waals surface area (Å²) in [7, 11) is 0. The molecular weight excluding hydrogens is 250 g/mol. The van der Waals surface area contributed by atoms with Crippen LogP contribution in [0.3, 0.4) is 0 Å². The van der Waals surface area contributed by atoms with Crippen molar-refractivity contribution in [3.63, 3.8) is 0 Å². The SMILES string of the molecule is NCc1ccc2[nH]nc3c2c1Sc1ccsc1-3. The van der Waals surface area contributed by atoms with Crippen LogP contribution in [0.1, 0.15) is 5.56 Å². The number of nitrogens with one attached hydrogen (secondary N) is 1. The van der Waals surface area contributed by atoms with Gasteiger partial charge < -0.3 is 5.73 Å². The Labute approximate surface area is 106 Å². The Kier molecular flexibility index (Phi) is 1.91. The molecule has 3 heterocycles. The van der Waals surface area contributed by atoms with Crippen molar-refractivity contribution in [3.05, 3.63) is 29.1 Å². The molecule has 0 atom stereocenters. The number of hydrogen-bond donors (Lipinski definition) is 2. The summed E-state index contributed by atoms with van der Waals surface area (Å²) in [5.41, 5.74) is 9.18. The van der Waals surface area contributed by atoms with Crippen molar-refractivity contribution in [2.45, 2.75) is 16.3 Å². The summed E-state index contributed by atoms with van der Waals surface area (Å²) in [6, 6.07) is 6.31. The largest absolute Gasteiger partial charge is 0.326 e. The van der Waals surface area contributed by atoms with Crippen LogP contribution in [-0.4, -0.2) is 10.2 Å². The number of thiophene rings is 1. The Hall–Kier alpha value is -1.30. The van der Waals surface area contributed by atoms with Crippen molar-refractivity contribution in [3.8, 4) is 10.6 Å². The topological polar surface area (TPSA) is 54.7 Å². The van der Waals surface area contributed by atoms with E-state index < -0.39 is 0 Å². The minimum Gasteiger partial charge on any atom is -0.326 e. The average Bonchev–Trinajstić information content (AvgIpc) is 2.96. The van der Waals surface area contributed by atoms with Crippen LogP contribution in [0.4, 0.5) is 0 Å². The van der Waals surface area contributed by atoms with E-state index >= 15 is 0 Å². The highest BCUT2D eigenvalue weighted by Gasteiger charge is 2.24. The van der Waals surface area contributed by atoms with Crippen LogP contribution in [0.25, 0.3) is 21.5 Å². The van der Waals surface area contributed by atoms with Gasteiger partial charge in [-0.25, -0.2) is 0 Å². The molecule has 0 bridgehead atoms. The number of fused-ring (bicyclic) bond motifs is 2. The molecule has 4 rings (SSSR count). The van der Waals surface area contributed by atoms with Gasteiger partial charge in [0.25, 0.3) is 0 Å². The van der Waals surface area contributed by atoms with Crippen LogP contribution in [0.5, 0.6) is 0 Å². The van der Waals surface area contributed by atoms with E-state index in [0.717, 1.165) is 11.2 Å². The lowest BCUT2D eigenvalue weighted by molar-refractivity contribution is 1.04. The molecule has 3 aromatic rings. The van der Waals surface area contributed by atoms with Crippen molar-refractivity contribution in [1.82, 2.24) is 10.2 Å². The molecule has 3 nitrogen and oxygen atoms in total. The molecule has 17 heavy (non-hydrogen) atoms. The maximum atomic E-state index is 5.81. The molecule has 1 aromatic carbocycles. The third-order valence-corrected chi connectivity index (χ3v) is 5.32. The van der Waals surface area contributed by atoms with Gasteiger partial charge in [-0.05, 0) is 23.1 Å². The van der Waals surface area contributed by atoms with E-state index in [-0.39, 0.29) is 0 Å². The van der Waals surface area contributed by atoms with Gasteiger partial charge in [-0.1, -0.05) is 17.8 Å². The van der Waals surface area contributed by atoms with E-state index in [1.165, 1.54) is 25.6 Å². The second-order valence-corrected chi connectivity index (χ2v) is 5.94. The van der Waals surface area contributed by atoms with Gasteiger partial charge in [0.15, 0.2) is 0 Å². The molecule has 0 amide bonds. The summed E-state index contributed by atoms with van der Waals surface area (Å²) in [4.78, 5) is 3.82. The fourth-order valence-electron chi connectivity index (χ4n) is 2.23. The molecule has 1 aliphatic rings. The minimum atomic E-state index is 0.572. The third-order valence-electron chi connectivity index (χ3n) is 3.04. The van der Waals surface area contributed by atoms with Crippen molar-refractivity contribution in [2.24, 2.45) is 5.73 Å². The Morgan fingerprint density at radius 2 is 2.24 bits per heavy atom. The third kappa shape index (κ3) is 1.19. The Bertz CT molecular complexity index is 727. The van der Waals surface area contributed by atoms with E-state index in [1.807, 2.05) is 11.8 Å². The maximum absolute atomic E-state index is 5.81. The molecule has 84 valence electrons. The molecule has 2 aromatic heterocycles. The summed E-state index contributed by atoms with van der Waals surface area (Å²) in [6.45, 7) is 0.572. The Balaban J connectivity index is 2.18. The van der Waals surface area contributed by atoms with E-state index in [1.54, 1.807) is 11.3 Å². The van der Waals surface area contributed by atoms with E-state index in [2.05, 4.69) is 33.8 Å². The van der Waals surface area contributed by atoms with Gasteiger partial charge in [0.05, 0.1) is 10.4 Å². The first kappa shape index (κ1) is 9.70. The number of H-pyrrole nitrogens is 1. The van der Waals surface area contributed by atoms with Crippen molar-refractivity contribution in [1.29, 1.82) is 0 Å². The monoisotopic (exact) mass is 259 g/mol. The van der Waals surface area contributed by atoms with Gasteiger partial charge >= 0.3 is 0 Å². The quantitative estimate of drug-likeness (QED) is 0.552. The zero-order chi connectivity index (χ0) is 11.4. The molecule has 0 saturated carbocycles. The highest BCUT2D eigenvalue weighted by molar-refractivity contribution is 8.00. The van der Waals surface area contributed by atoms with Gasteiger partial charge in [0.1, 0.15) is 5.69 Å². The van der Waals surface area contributed by atoms with Crippen molar-refractivity contribution < 1.29 is 0 Å². The Morgan fingerprint density at radius 3 is 3.12 bits per heavy atom. The molecule has 0 saturated heterocycles. The molecule has 0 fully saturated rings. The van der Waals surface area contributed by atoms with Crippen LogP contribution >= 0.6 is 23.1 Å². The van der Waals surface area contributed by atoms with Crippen LogP contribution in [-0.2, 0) is 6.54 Å². The van der Waals surface area contributed by atoms with Crippen molar-refractivity contribution >= 4 is 34.0 Å². The summed E-state index contributed by atoms with van der Waals surface area (Å²) in [5.74, 6) is 0. The normalized spacial score (nSPS) is 13.0. The molecule has 0 radical (unpaired) electrons. The van der Waals surface area contributed by atoms with Crippen LogP contribution < -0.4 is 5.73 Å². The number of hydrogen-bond acceptors (Lipinski definition) is 4. The van der Waals surface area contributed by atoms with E-state index in [9.17, 15) is 0 Å². The summed E-state index contributed by atoms with van der Waals surface area (Å²) in [6.07, 6.45) is 0. The van der Waals surface area contributed by atoms with Gasteiger partial charge in [-0.2, -0.15) is 5.10 Å². The number of nitrogens with zero attached hydrogens (tertiary/aromatic N) is 1. The number of aromatic amines is 1. The standard InChI is InChI=1S/C12H9N3S2/c13-5-6-1-2-7-9-10(15-14-7)12-8(3-4-16-12)17-11(6)9/h1-4H,5,13H2,(H,14,15). The summed E-state index contributed by atoms with van der Waals surface area (Å²) < 4.78 is 0. The second kappa shape index (κ2) is 3.35. The second-order valence-electron chi connectivity index (χ2n) is 3.97. The first-order chi connectivity index (χ1) is 8.38. The maximum Gasteiger partial charge on any atom is 0.112 e.